The largest absolute Gasteiger partial charge is 0.466 e. The average molecular weight is 275 g/mol. The van der Waals surface area contributed by atoms with E-state index in [1.54, 1.807) is 0 Å². The molecule has 0 aliphatic rings. The van der Waals surface area contributed by atoms with E-state index in [0.717, 1.165) is 19.6 Å². The van der Waals surface area contributed by atoms with Crippen LogP contribution in [-0.4, -0.2) is 63.5 Å². The van der Waals surface area contributed by atoms with Crippen LogP contribution < -0.4 is 0 Å². The first-order chi connectivity index (χ1) is 9.06. The molecule has 0 aromatic heterocycles. The first-order valence-corrected chi connectivity index (χ1v) is 7.09. The van der Waals surface area contributed by atoms with Crippen LogP contribution in [0.1, 0.15) is 33.6 Å². The third kappa shape index (κ3) is 13.6. The number of carbonyl (C=O) groups excluding carboxylic acids is 1. The second-order valence-corrected chi connectivity index (χ2v) is 4.74. The maximum absolute atomic E-state index is 11.5. The molecule has 0 aromatic rings. The van der Waals surface area contributed by atoms with Crippen LogP contribution in [0.5, 0.6) is 0 Å². The van der Waals surface area contributed by atoms with E-state index >= 15 is 0 Å². The fourth-order valence-corrected chi connectivity index (χ4v) is 1.39. The quantitative estimate of drug-likeness (QED) is 0.401. The van der Waals surface area contributed by atoms with Crippen molar-refractivity contribution >= 4 is 5.97 Å². The molecule has 0 radical (unpaired) electrons. The van der Waals surface area contributed by atoms with Crippen molar-refractivity contribution in [1.29, 1.82) is 0 Å². The third-order valence-electron chi connectivity index (χ3n) is 2.52. The predicted octanol–water partition coefficient (Wildman–Crippen LogP) is 1.70. The molecule has 0 saturated carbocycles. The van der Waals surface area contributed by atoms with Gasteiger partial charge in [-0.15, -0.1) is 0 Å². The minimum Gasteiger partial charge on any atom is -0.466 e. The first kappa shape index (κ1) is 18.4. The molecule has 5 nitrogen and oxygen atoms in total. The zero-order chi connectivity index (χ0) is 14.5. The maximum Gasteiger partial charge on any atom is 0.307 e. The molecule has 0 spiro atoms. The summed E-state index contributed by atoms with van der Waals surface area (Å²) in [5.74, 6) is -0.146. The molecular formula is C14H29NO4. The SMILES string of the molecule is CCOCCN(C)CCC(=O)OCCCOC(C)C. The normalized spacial score (nSPS) is 11.3. The van der Waals surface area contributed by atoms with Crippen LogP contribution in [0.25, 0.3) is 0 Å². The highest BCUT2D eigenvalue weighted by Gasteiger charge is 2.05. The second-order valence-electron chi connectivity index (χ2n) is 4.74. The minimum absolute atomic E-state index is 0.146. The predicted molar refractivity (Wildman–Crippen MR) is 75.3 cm³/mol. The van der Waals surface area contributed by atoms with Crippen molar-refractivity contribution in [2.75, 3.05) is 46.6 Å². The molecule has 5 heteroatoms. The number of carbonyl (C=O) groups is 1. The Morgan fingerprint density at radius 2 is 1.89 bits per heavy atom. The number of hydrogen-bond acceptors (Lipinski definition) is 5. The summed E-state index contributed by atoms with van der Waals surface area (Å²) in [5, 5.41) is 0. The molecule has 114 valence electrons. The van der Waals surface area contributed by atoms with E-state index in [4.69, 9.17) is 14.2 Å². The van der Waals surface area contributed by atoms with Gasteiger partial charge >= 0.3 is 5.97 Å². The van der Waals surface area contributed by atoms with Gasteiger partial charge in [-0.2, -0.15) is 0 Å². The van der Waals surface area contributed by atoms with Crippen LogP contribution in [0.2, 0.25) is 0 Å². The van der Waals surface area contributed by atoms with Crippen molar-refractivity contribution in [1.82, 2.24) is 4.90 Å². The molecule has 0 bridgehead atoms. The summed E-state index contributed by atoms with van der Waals surface area (Å²) in [6.45, 7) is 10.0. The van der Waals surface area contributed by atoms with Gasteiger partial charge in [-0.25, -0.2) is 0 Å². The zero-order valence-electron chi connectivity index (χ0n) is 12.8. The molecule has 0 heterocycles. The Bertz CT molecular complexity index is 221. The van der Waals surface area contributed by atoms with Crippen molar-refractivity contribution in [2.24, 2.45) is 0 Å². The fourth-order valence-electron chi connectivity index (χ4n) is 1.39. The molecule has 0 aliphatic carbocycles. The second kappa shape index (κ2) is 12.4. The molecule has 0 N–H and O–H groups in total. The van der Waals surface area contributed by atoms with Gasteiger partial charge < -0.3 is 19.1 Å². The number of nitrogens with zero attached hydrogens (tertiary/aromatic N) is 1. The Hall–Kier alpha value is -0.650. The van der Waals surface area contributed by atoms with Crippen molar-refractivity contribution < 1.29 is 19.0 Å². The number of ether oxygens (including phenoxy) is 3. The van der Waals surface area contributed by atoms with Crippen molar-refractivity contribution in [2.45, 2.75) is 39.7 Å². The van der Waals surface area contributed by atoms with Crippen LogP contribution >= 0.6 is 0 Å². The van der Waals surface area contributed by atoms with E-state index in [9.17, 15) is 4.79 Å². The number of likely N-dealkylation sites (N-methyl/N-ethyl adjacent to an activating group) is 1. The van der Waals surface area contributed by atoms with Gasteiger partial charge in [0.1, 0.15) is 0 Å². The number of esters is 1. The summed E-state index contributed by atoms with van der Waals surface area (Å²) in [6, 6.07) is 0. The molecule has 0 atom stereocenters. The van der Waals surface area contributed by atoms with Crippen LogP contribution in [0.3, 0.4) is 0 Å². The van der Waals surface area contributed by atoms with E-state index in [1.807, 2.05) is 27.8 Å². The lowest BCUT2D eigenvalue weighted by Crippen LogP contribution is -2.26. The van der Waals surface area contributed by atoms with Gasteiger partial charge in [0.25, 0.3) is 0 Å². The Morgan fingerprint density at radius 1 is 1.16 bits per heavy atom. The summed E-state index contributed by atoms with van der Waals surface area (Å²) in [4.78, 5) is 13.5. The van der Waals surface area contributed by atoms with Crippen LogP contribution in [-0.2, 0) is 19.0 Å². The van der Waals surface area contributed by atoms with Gasteiger partial charge in [-0.05, 0) is 27.8 Å². The standard InChI is InChI=1S/C14H29NO4/c1-5-17-12-9-15(4)8-7-14(16)19-11-6-10-18-13(2)3/h13H,5-12H2,1-4H3. The van der Waals surface area contributed by atoms with Gasteiger partial charge in [0.15, 0.2) is 0 Å². The Labute approximate surface area is 117 Å². The summed E-state index contributed by atoms with van der Waals surface area (Å²) in [7, 11) is 1.97. The van der Waals surface area contributed by atoms with E-state index < -0.39 is 0 Å². The number of rotatable bonds is 12. The molecule has 0 rings (SSSR count). The lowest BCUT2D eigenvalue weighted by atomic mass is 10.4. The average Bonchev–Trinajstić information content (AvgIpc) is 2.36. The lowest BCUT2D eigenvalue weighted by molar-refractivity contribution is -0.144. The molecule has 0 unspecified atom stereocenters. The van der Waals surface area contributed by atoms with Crippen LogP contribution in [0.15, 0.2) is 0 Å². The van der Waals surface area contributed by atoms with E-state index in [0.29, 0.717) is 32.8 Å². The molecule has 0 amide bonds. The van der Waals surface area contributed by atoms with Gasteiger partial charge in [0, 0.05) is 26.1 Å². The van der Waals surface area contributed by atoms with Crippen LogP contribution in [0, 0.1) is 0 Å². The zero-order valence-corrected chi connectivity index (χ0v) is 12.8. The molecule has 19 heavy (non-hydrogen) atoms. The molecule has 0 aliphatic heterocycles. The third-order valence-corrected chi connectivity index (χ3v) is 2.52. The van der Waals surface area contributed by atoms with Gasteiger partial charge in [-0.1, -0.05) is 0 Å². The van der Waals surface area contributed by atoms with E-state index in [1.165, 1.54) is 0 Å². The molecule has 0 fully saturated rings. The maximum atomic E-state index is 11.5. The topological polar surface area (TPSA) is 48.0 Å². The minimum atomic E-state index is -0.146. The Balaban J connectivity index is 3.38. The van der Waals surface area contributed by atoms with Gasteiger partial charge in [-0.3, -0.25) is 4.79 Å². The molecule has 0 saturated heterocycles. The summed E-state index contributed by atoms with van der Waals surface area (Å²) < 4.78 is 15.7. The summed E-state index contributed by atoms with van der Waals surface area (Å²) in [5.41, 5.74) is 0. The smallest absolute Gasteiger partial charge is 0.307 e. The first-order valence-electron chi connectivity index (χ1n) is 7.09. The lowest BCUT2D eigenvalue weighted by Gasteiger charge is -2.15. The Kier molecular flexibility index (Phi) is 12.0. The highest BCUT2D eigenvalue weighted by molar-refractivity contribution is 5.69. The highest BCUT2D eigenvalue weighted by atomic mass is 16.5. The summed E-state index contributed by atoms with van der Waals surface area (Å²) in [6.07, 6.45) is 1.41. The number of hydrogen-bond donors (Lipinski definition) is 0. The molecular weight excluding hydrogens is 246 g/mol. The van der Waals surface area contributed by atoms with E-state index in [2.05, 4.69) is 4.90 Å². The molecule has 0 aromatic carbocycles. The van der Waals surface area contributed by atoms with Crippen LogP contribution in [0.4, 0.5) is 0 Å². The van der Waals surface area contributed by atoms with Crippen molar-refractivity contribution in [3.05, 3.63) is 0 Å². The Morgan fingerprint density at radius 3 is 2.53 bits per heavy atom. The van der Waals surface area contributed by atoms with Gasteiger partial charge in [0.2, 0.25) is 0 Å². The monoisotopic (exact) mass is 275 g/mol. The van der Waals surface area contributed by atoms with E-state index in [-0.39, 0.29) is 12.1 Å². The fraction of sp³-hybridized carbons (Fsp3) is 0.929. The van der Waals surface area contributed by atoms with Crippen molar-refractivity contribution in [3.63, 3.8) is 0 Å². The van der Waals surface area contributed by atoms with Gasteiger partial charge in [0.05, 0.1) is 32.3 Å². The highest BCUT2D eigenvalue weighted by Crippen LogP contribution is 1.95. The summed E-state index contributed by atoms with van der Waals surface area (Å²) >= 11 is 0. The van der Waals surface area contributed by atoms with Crippen molar-refractivity contribution in [3.8, 4) is 0 Å².